The third-order valence-corrected chi connectivity index (χ3v) is 3.55. The molecule has 0 aliphatic heterocycles. The van der Waals surface area contributed by atoms with Crippen LogP contribution in [0.4, 0.5) is 0 Å². The van der Waals surface area contributed by atoms with E-state index in [0.717, 1.165) is 25.1 Å². The van der Waals surface area contributed by atoms with Gasteiger partial charge in [0.15, 0.2) is 0 Å². The van der Waals surface area contributed by atoms with Crippen molar-refractivity contribution in [1.29, 1.82) is 0 Å². The molecule has 2 heteroatoms. The molecule has 0 fully saturated rings. The molecule has 1 aromatic carbocycles. The molecule has 2 rings (SSSR count). The van der Waals surface area contributed by atoms with Gasteiger partial charge in [0, 0.05) is 30.9 Å². The highest BCUT2D eigenvalue weighted by Gasteiger charge is 2.02. The van der Waals surface area contributed by atoms with Crippen molar-refractivity contribution >= 4 is 0 Å². The van der Waals surface area contributed by atoms with Crippen LogP contribution >= 0.6 is 0 Å². The summed E-state index contributed by atoms with van der Waals surface area (Å²) in [4.78, 5) is 4.34. The maximum atomic E-state index is 4.34. The first-order chi connectivity index (χ1) is 9.74. The van der Waals surface area contributed by atoms with Gasteiger partial charge in [0.1, 0.15) is 0 Å². The highest BCUT2D eigenvalue weighted by atomic mass is 14.9. The van der Waals surface area contributed by atoms with Crippen molar-refractivity contribution in [2.24, 2.45) is 0 Å². The molecule has 0 bridgehead atoms. The monoisotopic (exact) mass is 268 g/mol. The standard InChI is InChI=1S/C18H24N2/c1-15-6-5-7-17(14-15)10-9-16(2)19-13-11-18-8-3-4-12-20-18/h3-8,12,14,16,19H,9-11,13H2,1-2H3. The molecule has 0 aliphatic carbocycles. The zero-order valence-electron chi connectivity index (χ0n) is 12.5. The molecule has 2 nitrogen and oxygen atoms in total. The highest BCUT2D eigenvalue weighted by Crippen LogP contribution is 2.08. The van der Waals surface area contributed by atoms with Gasteiger partial charge in [0.25, 0.3) is 0 Å². The van der Waals surface area contributed by atoms with Gasteiger partial charge >= 0.3 is 0 Å². The molecular formula is C18H24N2. The number of nitrogens with zero attached hydrogens (tertiary/aromatic N) is 1. The predicted molar refractivity (Wildman–Crippen MR) is 84.9 cm³/mol. The van der Waals surface area contributed by atoms with Crippen molar-refractivity contribution in [3.05, 3.63) is 65.5 Å². The van der Waals surface area contributed by atoms with E-state index in [0.29, 0.717) is 6.04 Å². The van der Waals surface area contributed by atoms with E-state index in [4.69, 9.17) is 0 Å². The fraction of sp³-hybridized carbons (Fsp3) is 0.389. The lowest BCUT2D eigenvalue weighted by atomic mass is 10.0. The second-order valence-corrected chi connectivity index (χ2v) is 5.45. The van der Waals surface area contributed by atoms with Crippen molar-refractivity contribution in [2.45, 2.75) is 39.2 Å². The Hall–Kier alpha value is -1.67. The molecule has 1 N–H and O–H groups in total. The summed E-state index contributed by atoms with van der Waals surface area (Å²) < 4.78 is 0. The number of nitrogens with one attached hydrogen (secondary N) is 1. The van der Waals surface area contributed by atoms with E-state index in [2.05, 4.69) is 54.5 Å². The van der Waals surface area contributed by atoms with Crippen LogP contribution in [0.25, 0.3) is 0 Å². The van der Waals surface area contributed by atoms with Crippen LogP contribution in [0, 0.1) is 6.92 Å². The second-order valence-electron chi connectivity index (χ2n) is 5.45. The van der Waals surface area contributed by atoms with Crippen LogP contribution in [0.15, 0.2) is 48.7 Å². The first kappa shape index (κ1) is 14.7. The summed E-state index contributed by atoms with van der Waals surface area (Å²) in [6.07, 6.45) is 5.16. The molecule has 106 valence electrons. The van der Waals surface area contributed by atoms with E-state index in [1.54, 1.807) is 0 Å². The van der Waals surface area contributed by atoms with Crippen LogP contribution < -0.4 is 5.32 Å². The number of aromatic nitrogens is 1. The third-order valence-electron chi connectivity index (χ3n) is 3.55. The van der Waals surface area contributed by atoms with Crippen molar-refractivity contribution < 1.29 is 0 Å². The van der Waals surface area contributed by atoms with Crippen LogP contribution in [-0.2, 0) is 12.8 Å². The number of benzene rings is 1. The topological polar surface area (TPSA) is 24.9 Å². The first-order valence-corrected chi connectivity index (χ1v) is 7.43. The van der Waals surface area contributed by atoms with Gasteiger partial charge in [0.05, 0.1) is 0 Å². The molecule has 0 amide bonds. The Morgan fingerprint density at radius 2 is 2.00 bits per heavy atom. The smallest absolute Gasteiger partial charge is 0.0416 e. The number of hydrogen-bond donors (Lipinski definition) is 1. The van der Waals surface area contributed by atoms with Crippen LogP contribution in [0.2, 0.25) is 0 Å². The Morgan fingerprint density at radius 3 is 2.75 bits per heavy atom. The second kappa shape index (κ2) is 7.81. The largest absolute Gasteiger partial charge is 0.314 e. The summed E-state index contributed by atoms with van der Waals surface area (Å²) in [5.74, 6) is 0. The molecule has 2 aromatic rings. The summed E-state index contributed by atoms with van der Waals surface area (Å²) in [5.41, 5.74) is 3.94. The van der Waals surface area contributed by atoms with Crippen molar-refractivity contribution in [3.63, 3.8) is 0 Å². The summed E-state index contributed by atoms with van der Waals surface area (Å²) in [5, 5.41) is 3.58. The molecule has 0 radical (unpaired) electrons. The quantitative estimate of drug-likeness (QED) is 0.830. The molecule has 0 saturated heterocycles. The number of rotatable bonds is 7. The van der Waals surface area contributed by atoms with E-state index in [1.165, 1.54) is 17.5 Å². The fourth-order valence-electron chi connectivity index (χ4n) is 2.35. The minimum atomic E-state index is 0.541. The van der Waals surface area contributed by atoms with Crippen LogP contribution in [0.3, 0.4) is 0 Å². The normalized spacial score (nSPS) is 12.3. The van der Waals surface area contributed by atoms with Crippen LogP contribution in [0.5, 0.6) is 0 Å². The summed E-state index contributed by atoms with van der Waals surface area (Å²) in [7, 11) is 0. The minimum Gasteiger partial charge on any atom is -0.314 e. The lowest BCUT2D eigenvalue weighted by molar-refractivity contribution is 0.516. The van der Waals surface area contributed by atoms with Gasteiger partial charge in [-0.25, -0.2) is 0 Å². The summed E-state index contributed by atoms with van der Waals surface area (Å²) in [6, 6.07) is 15.4. The Kier molecular flexibility index (Phi) is 5.75. The van der Waals surface area contributed by atoms with Crippen molar-refractivity contribution in [2.75, 3.05) is 6.54 Å². The molecule has 20 heavy (non-hydrogen) atoms. The van der Waals surface area contributed by atoms with E-state index < -0.39 is 0 Å². The van der Waals surface area contributed by atoms with Crippen molar-refractivity contribution in [3.8, 4) is 0 Å². The number of pyridine rings is 1. The Labute approximate surface area is 122 Å². The molecule has 1 aromatic heterocycles. The third kappa shape index (κ3) is 5.14. The Bertz CT molecular complexity index is 508. The molecule has 1 atom stereocenters. The molecule has 1 heterocycles. The maximum Gasteiger partial charge on any atom is 0.0416 e. The fourth-order valence-corrected chi connectivity index (χ4v) is 2.35. The molecule has 1 unspecified atom stereocenters. The Morgan fingerprint density at radius 1 is 1.10 bits per heavy atom. The predicted octanol–water partition coefficient (Wildman–Crippen LogP) is 3.54. The van der Waals surface area contributed by atoms with Gasteiger partial charge < -0.3 is 5.32 Å². The van der Waals surface area contributed by atoms with Gasteiger partial charge in [-0.3, -0.25) is 4.98 Å². The number of hydrogen-bond acceptors (Lipinski definition) is 2. The van der Waals surface area contributed by atoms with E-state index in [9.17, 15) is 0 Å². The van der Waals surface area contributed by atoms with Gasteiger partial charge in [-0.05, 0) is 44.4 Å². The van der Waals surface area contributed by atoms with Crippen LogP contribution in [-0.4, -0.2) is 17.6 Å². The van der Waals surface area contributed by atoms with Gasteiger partial charge in [0.2, 0.25) is 0 Å². The van der Waals surface area contributed by atoms with E-state index in [-0.39, 0.29) is 0 Å². The molecule has 0 spiro atoms. The van der Waals surface area contributed by atoms with Gasteiger partial charge in [-0.1, -0.05) is 35.9 Å². The first-order valence-electron chi connectivity index (χ1n) is 7.43. The van der Waals surface area contributed by atoms with Crippen molar-refractivity contribution in [1.82, 2.24) is 10.3 Å². The van der Waals surface area contributed by atoms with E-state index in [1.807, 2.05) is 18.3 Å². The zero-order valence-corrected chi connectivity index (χ0v) is 12.5. The highest BCUT2D eigenvalue weighted by molar-refractivity contribution is 5.22. The summed E-state index contributed by atoms with van der Waals surface area (Å²) >= 11 is 0. The van der Waals surface area contributed by atoms with Gasteiger partial charge in [-0.2, -0.15) is 0 Å². The van der Waals surface area contributed by atoms with E-state index >= 15 is 0 Å². The molecule has 0 saturated carbocycles. The maximum absolute atomic E-state index is 4.34. The average molecular weight is 268 g/mol. The molecular weight excluding hydrogens is 244 g/mol. The lowest BCUT2D eigenvalue weighted by Gasteiger charge is -2.13. The summed E-state index contributed by atoms with van der Waals surface area (Å²) in [6.45, 7) is 5.40. The number of aryl methyl sites for hydroxylation is 2. The lowest BCUT2D eigenvalue weighted by Crippen LogP contribution is -2.28. The Balaban J connectivity index is 1.67. The minimum absolute atomic E-state index is 0.541. The van der Waals surface area contributed by atoms with Crippen LogP contribution in [0.1, 0.15) is 30.2 Å². The zero-order chi connectivity index (χ0) is 14.2. The SMILES string of the molecule is Cc1cccc(CCC(C)NCCc2ccccn2)c1. The average Bonchev–Trinajstić information content (AvgIpc) is 2.46. The van der Waals surface area contributed by atoms with Gasteiger partial charge in [-0.15, -0.1) is 0 Å². The molecule has 0 aliphatic rings.